The molecule has 1 aliphatic rings. The van der Waals surface area contributed by atoms with Gasteiger partial charge in [0.1, 0.15) is 0 Å². The third-order valence-corrected chi connectivity index (χ3v) is 7.11. The molecule has 0 fully saturated rings. The third-order valence-electron chi connectivity index (χ3n) is 4.51. The summed E-state index contributed by atoms with van der Waals surface area (Å²) in [6.07, 6.45) is 0.901. The van der Waals surface area contributed by atoms with E-state index in [0.717, 1.165) is 17.7 Å². The van der Waals surface area contributed by atoms with Gasteiger partial charge in [-0.1, -0.05) is 30.3 Å². The summed E-state index contributed by atoms with van der Waals surface area (Å²) in [5, 5.41) is 3.00. The Labute approximate surface area is 169 Å². The normalized spacial score (nSPS) is 16.2. The minimum Gasteiger partial charge on any atom is -0.349 e. The Morgan fingerprint density at radius 3 is 2.54 bits per heavy atom. The quantitative estimate of drug-likeness (QED) is 0.675. The fourth-order valence-corrected chi connectivity index (χ4v) is 5.17. The predicted octanol–water partition coefficient (Wildman–Crippen LogP) is 2.91. The highest BCUT2D eigenvalue weighted by atomic mass is 32.2. The van der Waals surface area contributed by atoms with Gasteiger partial charge in [-0.05, 0) is 37.1 Å². The van der Waals surface area contributed by atoms with E-state index in [4.69, 9.17) is 0 Å². The molecular formula is C20H22N2O4S2. The summed E-state index contributed by atoms with van der Waals surface area (Å²) in [5.74, 6) is 0.614. The third kappa shape index (κ3) is 5.01. The highest BCUT2D eigenvalue weighted by Gasteiger charge is 2.22. The number of rotatable bonds is 7. The molecule has 3 rings (SSSR count). The fourth-order valence-electron chi connectivity index (χ4n) is 3.01. The number of nitrogens with one attached hydrogen (secondary N) is 2. The van der Waals surface area contributed by atoms with Crippen LogP contribution in [-0.2, 0) is 14.8 Å². The van der Waals surface area contributed by atoms with Crippen LogP contribution in [0.25, 0.3) is 0 Å². The van der Waals surface area contributed by atoms with Crippen molar-refractivity contribution in [1.29, 1.82) is 0 Å². The molecule has 0 saturated carbocycles. The van der Waals surface area contributed by atoms with E-state index >= 15 is 0 Å². The van der Waals surface area contributed by atoms with Crippen LogP contribution in [0.1, 0.15) is 41.7 Å². The van der Waals surface area contributed by atoms with E-state index in [1.54, 1.807) is 11.8 Å². The number of fused-ring (bicyclic) bond motifs is 1. The molecular weight excluding hydrogens is 396 g/mol. The Morgan fingerprint density at radius 2 is 1.82 bits per heavy atom. The van der Waals surface area contributed by atoms with Crippen LogP contribution in [0, 0.1) is 0 Å². The van der Waals surface area contributed by atoms with Gasteiger partial charge in [0.25, 0.3) is 0 Å². The lowest BCUT2D eigenvalue weighted by Gasteiger charge is -2.25. The van der Waals surface area contributed by atoms with Gasteiger partial charge < -0.3 is 5.32 Å². The highest BCUT2D eigenvalue weighted by molar-refractivity contribution is 7.99. The van der Waals surface area contributed by atoms with E-state index in [9.17, 15) is 18.0 Å². The predicted molar refractivity (Wildman–Crippen MR) is 109 cm³/mol. The lowest BCUT2D eigenvalue weighted by atomic mass is 10.0. The molecule has 0 aromatic heterocycles. The molecule has 148 valence electrons. The first-order valence-corrected chi connectivity index (χ1v) is 11.5. The number of carbonyl (C=O) groups is 2. The molecule has 28 heavy (non-hydrogen) atoms. The van der Waals surface area contributed by atoms with Crippen molar-refractivity contribution >= 4 is 33.5 Å². The summed E-state index contributed by atoms with van der Waals surface area (Å²) < 4.78 is 27.1. The molecule has 2 aromatic rings. The molecule has 6 nitrogen and oxygen atoms in total. The van der Waals surface area contributed by atoms with Gasteiger partial charge in [0.2, 0.25) is 15.9 Å². The summed E-state index contributed by atoms with van der Waals surface area (Å²) in [5.41, 5.74) is 1.56. The van der Waals surface area contributed by atoms with Gasteiger partial charge in [0.05, 0.1) is 10.9 Å². The lowest BCUT2D eigenvalue weighted by molar-refractivity contribution is -0.121. The van der Waals surface area contributed by atoms with E-state index in [0.29, 0.717) is 5.56 Å². The van der Waals surface area contributed by atoms with Gasteiger partial charge in [-0.15, -0.1) is 11.8 Å². The second kappa shape index (κ2) is 8.89. The number of Topliss-reactive ketones (excluding diaryl/α,β-unsaturated/α-hetero) is 1. The molecule has 0 aliphatic carbocycles. The second-order valence-electron chi connectivity index (χ2n) is 6.52. The number of ketones is 1. The Bertz CT molecular complexity index is 972. The zero-order valence-corrected chi connectivity index (χ0v) is 17.1. The smallest absolute Gasteiger partial charge is 0.240 e. The minimum atomic E-state index is -3.72. The first kappa shape index (κ1) is 20.6. The second-order valence-corrected chi connectivity index (χ2v) is 9.43. The molecule has 1 aliphatic heterocycles. The standard InChI is InChI=1S/C20H22N2O4S2/c1-14(23)15-6-8-16(9-7-15)28(25,26)21-12-10-20(24)22-18-11-13-27-19-5-3-2-4-17(18)19/h2-9,18,21H,10-13H2,1H3,(H,22,24)/t18-/m1/s1. The molecule has 1 heterocycles. The molecule has 0 radical (unpaired) electrons. The number of sulfonamides is 1. The van der Waals surface area contributed by atoms with Crippen LogP contribution in [0.3, 0.4) is 0 Å². The fraction of sp³-hybridized carbons (Fsp3) is 0.300. The highest BCUT2D eigenvalue weighted by Crippen LogP contribution is 2.35. The summed E-state index contributed by atoms with van der Waals surface area (Å²) in [4.78, 5) is 24.8. The van der Waals surface area contributed by atoms with E-state index in [2.05, 4.69) is 10.0 Å². The van der Waals surface area contributed by atoms with Crippen molar-refractivity contribution < 1.29 is 18.0 Å². The Balaban J connectivity index is 1.53. The molecule has 1 atom stereocenters. The maximum absolute atomic E-state index is 12.3. The molecule has 0 unspecified atom stereocenters. The zero-order chi connectivity index (χ0) is 20.1. The van der Waals surface area contributed by atoms with Gasteiger partial charge in [-0.3, -0.25) is 9.59 Å². The van der Waals surface area contributed by atoms with Crippen molar-refractivity contribution in [2.24, 2.45) is 0 Å². The van der Waals surface area contributed by atoms with Crippen LogP contribution in [-0.4, -0.2) is 32.4 Å². The number of benzene rings is 2. The largest absolute Gasteiger partial charge is 0.349 e. The maximum Gasteiger partial charge on any atom is 0.240 e. The van der Waals surface area contributed by atoms with Gasteiger partial charge in [-0.25, -0.2) is 13.1 Å². The lowest BCUT2D eigenvalue weighted by Crippen LogP contribution is -2.34. The summed E-state index contributed by atoms with van der Waals surface area (Å²) >= 11 is 1.78. The van der Waals surface area contributed by atoms with E-state index < -0.39 is 10.0 Å². The summed E-state index contributed by atoms with van der Waals surface area (Å²) in [6, 6.07) is 13.7. The first-order chi connectivity index (χ1) is 13.4. The minimum absolute atomic E-state index is 0.00570. The maximum atomic E-state index is 12.3. The van der Waals surface area contributed by atoms with Crippen LogP contribution < -0.4 is 10.0 Å². The van der Waals surface area contributed by atoms with Crippen molar-refractivity contribution in [3.63, 3.8) is 0 Å². The molecule has 0 spiro atoms. The van der Waals surface area contributed by atoms with Crippen molar-refractivity contribution in [3.8, 4) is 0 Å². The average Bonchev–Trinajstić information content (AvgIpc) is 2.68. The SMILES string of the molecule is CC(=O)c1ccc(S(=O)(=O)NCCC(=O)N[C@@H]2CCSc3ccccc32)cc1. The van der Waals surface area contributed by atoms with Crippen molar-refractivity contribution in [2.75, 3.05) is 12.3 Å². The molecule has 2 N–H and O–H groups in total. The topological polar surface area (TPSA) is 92.3 Å². The van der Waals surface area contributed by atoms with Crippen LogP contribution in [0.4, 0.5) is 0 Å². The number of hydrogen-bond acceptors (Lipinski definition) is 5. The number of hydrogen-bond donors (Lipinski definition) is 2. The monoisotopic (exact) mass is 418 g/mol. The molecule has 0 bridgehead atoms. The number of amides is 1. The Kier molecular flexibility index (Phi) is 6.53. The van der Waals surface area contributed by atoms with Crippen LogP contribution >= 0.6 is 11.8 Å². The molecule has 1 amide bonds. The van der Waals surface area contributed by atoms with Crippen LogP contribution in [0.5, 0.6) is 0 Å². The van der Waals surface area contributed by atoms with Crippen molar-refractivity contribution in [2.45, 2.75) is 35.6 Å². The number of carbonyl (C=O) groups excluding carboxylic acids is 2. The summed E-state index contributed by atoms with van der Waals surface area (Å²) in [6.45, 7) is 1.43. The summed E-state index contributed by atoms with van der Waals surface area (Å²) in [7, 11) is -3.72. The molecule has 0 saturated heterocycles. The van der Waals surface area contributed by atoms with E-state index in [1.807, 2.05) is 24.3 Å². The average molecular weight is 419 g/mol. The van der Waals surface area contributed by atoms with E-state index in [1.165, 1.54) is 36.1 Å². The van der Waals surface area contributed by atoms with Gasteiger partial charge in [0.15, 0.2) is 5.78 Å². The Hall–Kier alpha value is -2.16. The number of thioether (sulfide) groups is 1. The first-order valence-electron chi connectivity index (χ1n) is 8.98. The van der Waals surface area contributed by atoms with Crippen LogP contribution in [0.15, 0.2) is 58.3 Å². The molecule has 8 heteroatoms. The zero-order valence-electron chi connectivity index (χ0n) is 15.5. The van der Waals surface area contributed by atoms with Gasteiger partial charge >= 0.3 is 0 Å². The van der Waals surface area contributed by atoms with Gasteiger partial charge in [-0.2, -0.15) is 0 Å². The van der Waals surface area contributed by atoms with Crippen LogP contribution in [0.2, 0.25) is 0 Å². The van der Waals surface area contributed by atoms with Crippen molar-refractivity contribution in [3.05, 3.63) is 59.7 Å². The van der Waals surface area contributed by atoms with Crippen molar-refractivity contribution in [1.82, 2.24) is 10.0 Å². The molecule has 2 aromatic carbocycles. The Morgan fingerprint density at radius 1 is 1.11 bits per heavy atom. The van der Waals surface area contributed by atoms with Gasteiger partial charge in [0, 0.05) is 29.2 Å². The van der Waals surface area contributed by atoms with E-state index in [-0.39, 0.29) is 35.6 Å².